The Balaban J connectivity index is 2.11. The van der Waals surface area contributed by atoms with Gasteiger partial charge < -0.3 is 5.11 Å². The lowest BCUT2D eigenvalue weighted by atomic mass is 10.0. The van der Waals surface area contributed by atoms with E-state index in [0.29, 0.717) is 10.8 Å². The molecule has 3 rings (SSSR count). The fraction of sp³-hybridized carbons (Fsp3) is 0.571. The molecule has 102 valence electrons. The number of thiophene rings is 1. The number of hydrogen-bond acceptors (Lipinski definition) is 3. The summed E-state index contributed by atoms with van der Waals surface area (Å²) in [5.74, 6) is -0.307. The van der Waals surface area contributed by atoms with Crippen LogP contribution in [0.25, 0.3) is 10.2 Å². The zero-order valence-corrected chi connectivity index (χ0v) is 11.9. The van der Waals surface area contributed by atoms with Crippen molar-refractivity contribution >= 4 is 27.5 Å². The van der Waals surface area contributed by atoms with Crippen LogP contribution in [0.2, 0.25) is 0 Å². The summed E-state index contributed by atoms with van der Waals surface area (Å²) in [7, 11) is 0. The van der Waals surface area contributed by atoms with Crippen molar-refractivity contribution in [3.63, 3.8) is 0 Å². The van der Waals surface area contributed by atoms with Crippen LogP contribution in [0.1, 0.15) is 60.3 Å². The monoisotopic (exact) mass is 278 g/mol. The van der Waals surface area contributed by atoms with Crippen LogP contribution in [0.3, 0.4) is 0 Å². The van der Waals surface area contributed by atoms with Gasteiger partial charge in [-0.25, -0.2) is 4.79 Å². The molecule has 0 aromatic carbocycles. The molecule has 0 bridgehead atoms. The second kappa shape index (κ2) is 4.96. The predicted molar refractivity (Wildman–Crippen MR) is 76.1 cm³/mol. The van der Waals surface area contributed by atoms with E-state index in [2.05, 4.69) is 6.92 Å². The van der Waals surface area contributed by atoms with E-state index < -0.39 is 5.97 Å². The van der Waals surface area contributed by atoms with Crippen molar-refractivity contribution in [2.45, 2.75) is 51.5 Å². The highest BCUT2D eigenvalue weighted by Gasteiger charge is 2.25. The number of nitrogens with zero attached hydrogens (tertiary/aromatic N) is 2. The molecule has 0 aliphatic heterocycles. The van der Waals surface area contributed by atoms with Gasteiger partial charge in [-0.05, 0) is 25.3 Å². The van der Waals surface area contributed by atoms with Crippen LogP contribution in [0.4, 0.5) is 0 Å². The number of carboxylic acids is 1. The van der Waals surface area contributed by atoms with Gasteiger partial charge >= 0.3 is 5.97 Å². The fourth-order valence-electron chi connectivity index (χ4n) is 2.96. The topological polar surface area (TPSA) is 55.1 Å². The highest BCUT2D eigenvalue weighted by molar-refractivity contribution is 7.20. The third kappa shape index (κ3) is 2.16. The molecular weight excluding hydrogens is 260 g/mol. The van der Waals surface area contributed by atoms with E-state index in [1.54, 1.807) is 0 Å². The zero-order valence-electron chi connectivity index (χ0n) is 11.1. The van der Waals surface area contributed by atoms with Crippen molar-refractivity contribution in [2.75, 3.05) is 0 Å². The average molecular weight is 278 g/mol. The van der Waals surface area contributed by atoms with E-state index in [-0.39, 0.29) is 0 Å². The quantitative estimate of drug-likeness (QED) is 0.923. The molecule has 19 heavy (non-hydrogen) atoms. The minimum atomic E-state index is -0.832. The number of rotatable bonds is 4. The van der Waals surface area contributed by atoms with Crippen molar-refractivity contribution in [3.8, 4) is 0 Å². The van der Waals surface area contributed by atoms with Gasteiger partial charge in [-0.1, -0.05) is 19.8 Å². The van der Waals surface area contributed by atoms with Crippen molar-refractivity contribution < 1.29 is 9.90 Å². The van der Waals surface area contributed by atoms with Crippen LogP contribution in [0.15, 0.2) is 6.07 Å². The number of hydrogen-bond donors (Lipinski definition) is 1. The lowest BCUT2D eigenvalue weighted by Crippen LogP contribution is -2.01. The maximum atomic E-state index is 11.2. The molecule has 2 aromatic rings. The molecule has 2 heterocycles. The Labute approximate surface area is 116 Å². The highest BCUT2D eigenvalue weighted by atomic mass is 32.1. The molecule has 1 aliphatic carbocycles. The third-order valence-electron chi connectivity index (χ3n) is 3.84. The summed E-state index contributed by atoms with van der Waals surface area (Å²) in [6, 6.07) is 1.81. The molecule has 1 N–H and O–H groups in total. The second-order valence-electron chi connectivity index (χ2n) is 5.22. The van der Waals surface area contributed by atoms with E-state index in [4.69, 9.17) is 10.2 Å². The maximum Gasteiger partial charge on any atom is 0.345 e. The first kappa shape index (κ1) is 12.7. The van der Waals surface area contributed by atoms with Gasteiger partial charge in [0.1, 0.15) is 9.71 Å². The van der Waals surface area contributed by atoms with Crippen LogP contribution < -0.4 is 0 Å². The first-order valence-corrected chi connectivity index (χ1v) is 7.76. The molecular formula is C14H18N2O2S. The molecule has 0 radical (unpaired) electrons. The van der Waals surface area contributed by atoms with Crippen molar-refractivity contribution in [3.05, 3.63) is 16.6 Å². The standard InChI is InChI=1S/C14H18N2O2S/c1-2-7-16-13-10(8-11(19-13)14(17)18)12(15-16)9-5-3-4-6-9/h8-9H,2-7H2,1H3,(H,17,18). The Bertz CT molecular complexity index is 608. The molecule has 0 saturated heterocycles. The van der Waals surface area contributed by atoms with Crippen molar-refractivity contribution in [2.24, 2.45) is 0 Å². The number of carboxylic acid groups (broad SMARTS) is 1. The largest absolute Gasteiger partial charge is 0.477 e. The van der Waals surface area contributed by atoms with E-state index in [9.17, 15) is 4.79 Å². The van der Waals surface area contributed by atoms with Gasteiger partial charge in [-0.15, -0.1) is 11.3 Å². The molecule has 0 spiro atoms. The summed E-state index contributed by atoms with van der Waals surface area (Å²) in [4.78, 5) is 12.6. The van der Waals surface area contributed by atoms with Crippen molar-refractivity contribution in [1.29, 1.82) is 0 Å². The summed E-state index contributed by atoms with van der Waals surface area (Å²) in [5, 5.41) is 15.0. The minimum Gasteiger partial charge on any atom is -0.477 e. The number of carbonyl (C=O) groups is 1. The van der Waals surface area contributed by atoms with Gasteiger partial charge in [-0.3, -0.25) is 4.68 Å². The molecule has 2 aromatic heterocycles. The van der Waals surface area contributed by atoms with E-state index in [0.717, 1.165) is 28.9 Å². The number of fused-ring (bicyclic) bond motifs is 1. The molecule has 1 aliphatic rings. The van der Waals surface area contributed by atoms with Crippen LogP contribution >= 0.6 is 11.3 Å². The summed E-state index contributed by atoms with van der Waals surface area (Å²) < 4.78 is 2.00. The number of aryl methyl sites for hydroxylation is 1. The van der Waals surface area contributed by atoms with Crippen LogP contribution in [0, 0.1) is 0 Å². The third-order valence-corrected chi connectivity index (χ3v) is 4.98. The summed E-state index contributed by atoms with van der Waals surface area (Å²) >= 11 is 1.35. The minimum absolute atomic E-state index is 0.427. The lowest BCUT2D eigenvalue weighted by Gasteiger charge is -2.05. The summed E-state index contributed by atoms with van der Waals surface area (Å²) in [6.45, 7) is 2.98. The molecule has 1 fully saturated rings. The Morgan fingerprint density at radius 2 is 2.26 bits per heavy atom. The van der Waals surface area contributed by atoms with Gasteiger partial charge in [0.15, 0.2) is 0 Å². The van der Waals surface area contributed by atoms with Gasteiger partial charge in [0, 0.05) is 17.8 Å². The van der Waals surface area contributed by atoms with Crippen LogP contribution in [-0.2, 0) is 6.54 Å². The van der Waals surface area contributed by atoms with Crippen molar-refractivity contribution in [1.82, 2.24) is 9.78 Å². The van der Waals surface area contributed by atoms with E-state index in [1.807, 2.05) is 10.7 Å². The highest BCUT2D eigenvalue weighted by Crippen LogP contribution is 2.39. The van der Waals surface area contributed by atoms with Crippen LogP contribution in [-0.4, -0.2) is 20.9 Å². The van der Waals surface area contributed by atoms with Gasteiger partial charge in [0.05, 0.1) is 5.69 Å². The first-order chi connectivity index (χ1) is 9.20. The van der Waals surface area contributed by atoms with E-state index in [1.165, 1.54) is 37.0 Å². The first-order valence-electron chi connectivity index (χ1n) is 6.94. The second-order valence-corrected chi connectivity index (χ2v) is 6.26. The number of aromatic nitrogens is 2. The Morgan fingerprint density at radius 1 is 1.53 bits per heavy atom. The Morgan fingerprint density at radius 3 is 2.89 bits per heavy atom. The average Bonchev–Trinajstić information content (AvgIpc) is 3.05. The smallest absolute Gasteiger partial charge is 0.345 e. The van der Waals surface area contributed by atoms with Gasteiger partial charge in [0.25, 0.3) is 0 Å². The molecule has 4 nitrogen and oxygen atoms in total. The molecule has 5 heteroatoms. The Kier molecular flexibility index (Phi) is 3.31. The fourth-order valence-corrected chi connectivity index (χ4v) is 3.94. The maximum absolute atomic E-state index is 11.2. The SMILES string of the molecule is CCCn1nc(C2CCCC2)c2cc(C(=O)O)sc21. The predicted octanol–water partition coefficient (Wildman–Crippen LogP) is 3.86. The number of aromatic carboxylic acids is 1. The molecule has 1 saturated carbocycles. The van der Waals surface area contributed by atoms with Gasteiger partial charge in [0.2, 0.25) is 0 Å². The normalized spacial score (nSPS) is 16.5. The lowest BCUT2D eigenvalue weighted by molar-refractivity contribution is 0.0702. The van der Waals surface area contributed by atoms with E-state index >= 15 is 0 Å². The molecule has 0 atom stereocenters. The summed E-state index contributed by atoms with van der Waals surface area (Å²) in [6.07, 6.45) is 5.93. The van der Waals surface area contributed by atoms with Crippen LogP contribution in [0.5, 0.6) is 0 Å². The molecule has 0 amide bonds. The Hall–Kier alpha value is -1.36. The summed E-state index contributed by atoms with van der Waals surface area (Å²) in [5.41, 5.74) is 1.13. The van der Waals surface area contributed by atoms with Gasteiger partial charge in [-0.2, -0.15) is 5.10 Å². The molecule has 0 unspecified atom stereocenters. The zero-order chi connectivity index (χ0) is 13.4.